The number of benzene rings is 8. The Bertz CT molecular complexity index is 2970. The largest absolute Gasteiger partial charge is 0.505 e. The topological polar surface area (TPSA) is 201 Å². The normalized spacial score (nSPS) is 11.2. The Morgan fingerprint density at radius 3 is 1.19 bits per heavy atom. The predicted octanol–water partition coefficient (Wildman–Crippen LogP) is 12.0. The zero-order valence-electron chi connectivity index (χ0n) is 34.1. The molecule has 0 aromatic heterocycles. The molecule has 0 aliphatic rings. The zero-order chi connectivity index (χ0) is 44.7. The van der Waals surface area contributed by atoms with Crippen LogP contribution in [-0.2, 0) is 9.47 Å². The lowest BCUT2D eigenvalue weighted by Gasteiger charge is -2.12. The van der Waals surface area contributed by atoms with Crippen LogP contribution in [0.2, 0.25) is 0 Å². The number of hydrogen-bond donors (Lipinski definition) is 4. The number of hydrogen-bond acceptors (Lipinski definition) is 12. The Kier molecular flexibility index (Phi) is 11.9. The molecule has 0 saturated heterocycles. The minimum absolute atomic E-state index is 0.0327. The number of phenols is 2. The van der Waals surface area contributed by atoms with E-state index < -0.39 is 23.8 Å². The molecule has 0 fully saturated rings. The van der Waals surface area contributed by atoms with Crippen molar-refractivity contribution in [2.24, 2.45) is 20.5 Å². The molecule has 2 amide bonds. The first kappa shape index (κ1) is 41.7. The van der Waals surface area contributed by atoms with Crippen LogP contribution in [0.5, 0.6) is 11.5 Å². The van der Waals surface area contributed by atoms with Gasteiger partial charge in [-0.05, 0) is 82.6 Å². The highest BCUT2D eigenvalue weighted by Gasteiger charge is 2.21. The summed E-state index contributed by atoms with van der Waals surface area (Å²) in [6.07, 6.45) is 0. The van der Waals surface area contributed by atoms with Gasteiger partial charge in [-0.25, -0.2) is 9.59 Å². The average Bonchev–Trinajstić information content (AvgIpc) is 3.33. The van der Waals surface area contributed by atoms with Gasteiger partial charge in [-0.3, -0.25) is 9.59 Å². The summed E-state index contributed by atoms with van der Waals surface area (Å²) in [6, 6.07) is 44.5. The number of carbonyl (C=O) groups is 4. The summed E-state index contributed by atoms with van der Waals surface area (Å²) in [6.45, 7) is 0. The second kappa shape index (κ2) is 18.3. The fourth-order valence-corrected chi connectivity index (χ4v) is 6.97. The van der Waals surface area contributed by atoms with Crippen molar-refractivity contribution in [3.05, 3.63) is 180 Å². The number of fused-ring (bicyclic) bond motifs is 2. The van der Waals surface area contributed by atoms with Gasteiger partial charge in [-0.1, -0.05) is 97.1 Å². The van der Waals surface area contributed by atoms with Crippen LogP contribution < -0.4 is 10.6 Å². The number of phenolic OH excluding ortho intramolecular Hbond substituents is 2. The number of rotatable bonds is 11. The molecule has 8 rings (SSSR count). The van der Waals surface area contributed by atoms with E-state index in [9.17, 15) is 29.4 Å². The van der Waals surface area contributed by atoms with Crippen molar-refractivity contribution < 1.29 is 38.9 Å². The van der Waals surface area contributed by atoms with Gasteiger partial charge in [0.25, 0.3) is 11.8 Å². The van der Waals surface area contributed by atoms with Crippen LogP contribution in [0, 0.1) is 0 Å². The van der Waals surface area contributed by atoms with Crippen molar-refractivity contribution in [3.63, 3.8) is 0 Å². The van der Waals surface area contributed by atoms with Gasteiger partial charge in [0.1, 0.15) is 22.7 Å². The van der Waals surface area contributed by atoms with Crippen LogP contribution in [0.3, 0.4) is 0 Å². The number of amides is 2. The molecule has 14 heteroatoms. The third-order valence-electron chi connectivity index (χ3n) is 10.2. The Morgan fingerprint density at radius 1 is 0.438 bits per heavy atom. The van der Waals surface area contributed by atoms with Crippen molar-refractivity contribution in [1.29, 1.82) is 0 Å². The third-order valence-corrected chi connectivity index (χ3v) is 10.2. The molecule has 0 unspecified atom stereocenters. The summed E-state index contributed by atoms with van der Waals surface area (Å²) in [7, 11) is 2.53. The van der Waals surface area contributed by atoms with Crippen molar-refractivity contribution in [2.75, 3.05) is 24.9 Å². The molecule has 8 aromatic carbocycles. The minimum atomic E-state index is -0.595. The zero-order valence-corrected chi connectivity index (χ0v) is 34.1. The van der Waals surface area contributed by atoms with Crippen LogP contribution >= 0.6 is 0 Å². The lowest BCUT2D eigenvalue weighted by atomic mass is 10.0. The van der Waals surface area contributed by atoms with Crippen molar-refractivity contribution in [2.45, 2.75) is 0 Å². The molecule has 8 aromatic rings. The highest BCUT2D eigenvalue weighted by atomic mass is 16.5. The number of aromatic hydroxyl groups is 2. The number of carbonyl (C=O) groups excluding carboxylic acids is 4. The fourth-order valence-electron chi connectivity index (χ4n) is 6.97. The van der Waals surface area contributed by atoms with Crippen LogP contribution in [-0.4, -0.2) is 48.2 Å². The Labute approximate surface area is 365 Å². The van der Waals surface area contributed by atoms with Crippen molar-refractivity contribution in [3.8, 4) is 22.6 Å². The first-order valence-electron chi connectivity index (χ1n) is 19.6. The van der Waals surface area contributed by atoms with E-state index >= 15 is 0 Å². The number of nitrogens with zero attached hydrogens (tertiary/aromatic N) is 4. The van der Waals surface area contributed by atoms with E-state index in [0.29, 0.717) is 32.9 Å². The van der Waals surface area contributed by atoms with Gasteiger partial charge in [-0.15, -0.1) is 20.5 Å². The summed E-state index contributed by atoms with van der Waals surface area (Å²) < 4.78 is 9.71. The quantitative estimate of drug-likeness (QED) is 0.0727. The second-order valence-corrected chi connectivity index (χ2v) is 14.2. The highest BCUT2D eigenvalue weighted by molar-refractivity contribution is 6.13. The van der Waals surface area contributed by atoms with E-state index in [1.165, 1.54) is 14.2 Å². The monoisotopic (exact) mass is 848 g/mol. The first-order chi connectivity index (χ1) is 31.1. The lowest BCUT2D eigenvalue weighted by molar-refractivity contribution is 0.0592. The molecule has 14 nitrogen and oxygen atoms in total. The molecule has 0 atom stereocenters. The number of ether oxygens (including phenoxy) is 2. The highest BCUT2D eigenvalue weighted by Crippen LogP contribution is 2.42. The van der Waals surface area contributed by atoms with Crippen molar-refractivity contribution >= 4 is 79.4 Å². The summed E-state index contributed by atoms with van der Waals surface area (Å²) in [5.41, 5.74) is 3.43. The second-order valence-electron chi connectivity index (χ2n) is 14.2. The molecular weight excluding hydrogens is 813 g/mol. The fraction of sp³-hybridized carbons (Fsp3) is 0.0400. The van der Waals surface area contributed by atoms with Gasteiger partial charge in [0.05, 0.1) is 36.5 Å². The van der Waals surface area contributed by atoms with Gasteiger partial charge in [0.2, 0.25) is 0 Å². The minimum Gasteiger partial charge on any atom is -0.505 e. The van der Waals surface area contributed by atoms with E-state index in [2.05, 4.69) is 31.1 Å². The Balaban J connectivity index is 0.980. The van der Waals surface area contributed by atoms with E-state index in [0.717, 1.165) is 11.1 Å². The number of nitrogens with one attached hydrogen (secondary N) is 2. The van der Waals surface area contributed by atoms with Gasteiger partial charge in [0.15, 0.2) is 11.5 Å². The maximum atomic E-state index is 13.6. The number of anilines is 2. The van der Waals surface area contributed by atoms with Crippen LogP contribution in [0.4, 0.5) is 34.1 Å². The smallest absolute Gasteiger partial charge is 0.340 e. The van der Waals surface area contributed by atoms with E-state index in [1.807, 2.05) is 24.3 Å². The molecule has 0 bridgehead atoms. The predicted molar refractivity (Wildman–Crippen MR) is 243 cm³/mol. The molecule has 64 heavy (non-hydrogen) atoms. The molecular formula is C50H36N6O8. The molecule has 0 radical (unpaired) electrons. The van der Waals surface area contributed by atoms with Crippen LogP contribution in [0.25, 0.3) is 32.7 Å². The van der Waals surface area contributed by atoms with Crippen molar-refractivity contribution in [1.82, 2.24) is 0 Å². The van der Waals surface area contributed by atoms with E-state index in [1.54, 1.807) is 133 Å². The summed E-state index contributed by atoms with van der Waals surface area (Å²) in [4.78, 5) is 51.9. The molecule has 0 heterocycles. The molecule has 0 spiro atoms. The molecule has 0 aliphatic heterocycles. The number of methoxy groups -OCH3 is 2. The lowest BCUT2D eigenvalue weighted by Crippen LogP contribution is -2.12. The Hall–Kier alpha value is -9.04. The van der Waals surface area contributed by atoms with Gasteiger partial charge >= 0.3 is 11.9 Å². The summed E-state index contributed by atoms with van der Waals surface area (Å²) >= 11 is 0. The molecule has 4 N–H and O–H groups in total. The SMILES string of the molecule is COC(=O)c1ccccc1N=Nc1c(O)c(C(=O)Nc2ccc(-c3ccc(NC(=O)c4cc5ccccc5c(N=Nc5ccccc5C(=O)OC)c4O)cc3)cc2)cc2ccccc12. The molecule has 0 saturated carbocycles. The molecule has 314 valence electrons. The van der Waals surface area contributed by atoms with Gasteiger partial charge < -0.3 is 30.3 Å². The standard InChI is InChI=1S/C50H36N6O8/c1-63-49(61)37-15-7-9-17-41(37)53-55-43-35-13-5-3-11-31(35)27-39(45(43)57)47(59)51-33-23-19-29(20-24-33)30-21-25-34(26-22-30)52-48(60)40-28-32-12-4-6-14-36(32)44(46(40)58)56-54-42-18-10-8-16-38(42)50(62)64-2/h3-28,57-58H,1-2H3,(H,51,59)(H,52,60). The van der Waals surface area contributed by atoms with Gasteiger partial charge in [0, 0.05) is 22.1 Å². The maximum Gasteiger partial charge on any atom is 0.340 e. The Morgan fingerprint density at radius 2 is 0.797 bits per heavy atom. The van der Waals surface area contributed by atoms with Gasteiger partial charge in [-0.2, -0.15) is 0 Å². The van der Waals surface area contributed by atoms with Crippen LogP contribution in [0.15, 0.2) is 178 Å². The van der Waals surface area contributed by atoms with Crippen LogP contribution in [0.1, 0.15) is 41.4 Å². The van der Waals surface area contributed by atoms with E-state index in [-0.39, 0.29) is 56.5 Å². The first-order valence-corrected chi connectivity index (χ1v) is 19.6. The molecule has 0 aliphatic carbocycles. The summed E-state index contributed by atoms with van der Waals surface area (Å²) in [5, 5.41) is 47.8. The number of azo groups is 2. The third kappa shape index (κ3) is 8.60. The number of esters is 2. The van der Waals surface area contributed by atoms with E-state index in [4.69, 9.17) is 9.47 Å². The summed E-state index contributed by atoms with van der Waals surface area (Å²) in [5.74, 6) is -3.14. The average molecular weight is 849 g/mol. The maximum absolute atomic E-state index is 13.6.